The Morgan fingerprint density at radius 1 is 1.30 bits per heavy atom. The Kier molecular flexibility index (Phi) is 5.01. The Balaban J connectivity index is 1.86. The lowest BCUT2D eigenvalue weighted by molar-refractivity contribution is -0.211. The first-order valence-corrected chi connectivity index (χ1v) is 6.58. The number of rotatable bonds is 4. The van der Waals surface area contributed by atoms with Crippen LogP contribution in [0.3, 0.4) is 0 Å². The van der Waals surface area contributed by atoms with Crippen molar-refractivity contribution in [3.63, 3.8) is 0 Å². The van der Waals surface area contributed by atoms with E-state index < -0.39 is 18.8 Å². The minimum atomic E-state index is -4.56. The van der Waals surface area contributed by atoms with Crippen LogP contribution in [-0.2, 0) is 11.2 Å². The molecule has 0 bridgehead atoms. The fraction of sp³-hybridized carbons (Fsp3) is 0.571. The number of halogens is 3. The molecule has 20 heavy (non-hydrogen) atoms. The number of aliphatic hydroxyl groups excluding tert-OH is 1. The predicted molar refractivity (Wildman–Crippen MR) is 68.4 cm³/mol. The van der Waals surface area contributed by atoms with Crippen LogP contribution in [0.1, 0.15) is 5.56 Å². The van der Waals surface area contributed by atoms with Crippen molar-refractivity contribution < 1.29 is 23.0 Å². The molecule has 1 saturated heterocycles. The predicted octanol–water partition coefficient (Wildman–Crippen LogP) is 1.85. The number of alkyl halides is 3. The van der Waals surface area contributed by atoms with Gasteiger partial charge in [0.05, 0.1) is 12.7 Å². The first kappa shape index (κ1) is 15.3. The van der Waals surface area contributed by atoms with E-state index in [0.29, 0.717) is 26.1 Å². The summed E-state index contributed by atoms with van der Waals surface area (Å²) < 4.78 is 42.6. The molecule has 1 N–H and O–H groups in total. The number of hydrogen-bond donors (Lipinski definition) is 1. The minimum Gasteiger partial charge on any atom is -0.382 e. The Morgan fingerprint density at radius 3 is 2.65 bits per heavy atom. The molecule has 6 heteroatoms. The second kappa shape index (κ2) is 6.56. The molecule has 1 unspecified atom stereocenters. The van der Waals surface area contributed by atoms with Crippen molar-refractivity contribution in [2.45, 2.75) is 24.8 Å². The van der Waals surface area contributed by atoms with Crippen LogP contribution in [0.25, 0.3) is 0 Å². The molecule has 112 valence electrons. The molecule has 2 rings (SSSR count). The van der Waals surface area contributed by atoms with Gasteiger partial charge < -0.3 is 9.84 Å². The van der Waals surface area contributed by atoms with Gasteiger partial charge in [-0.05, 0) is 12.0 Å². The summed E-state index contributed by atoms with van der Waals surface area (Å²) >= 11 is 0. The number of ether oxygens (including phenoxy) is 1. The van der Waals surface area contributed by atoms with Crippen LogP contribution in [0, 0.1) is 0 Å². The van der Waals surface area contributed by atoms with E-state index in [-0.39, 0.29) is 6.10 Å². The fourth-order valence-corrected chi connectivity index (χ4v) is 2.29. The number of β-amino-alcohol motifs (C(OH)–C–C–N with tert-alkyl or cyclic N) is 1. The fourth-order valence-electron chi connectivity index (χ4n) is 2.29. The average molecular weight is 289 g/mol. The molecule has 1 heterocycles. The van der Waals surface area contributed by atoms with Crippen molar-refractivity contribution in [2.24, 2.45) is 0 Å². The van der Waals surface area contributed by atoms with Gasteiger partial charge in [0.25, 0.3) is 0 Å². The van der Waals surface area contributed by atoms with Crippen molar-refractivity contribution in [3.05, 3.63) is 35.9 Å². The smallest absolute Gasteiger partial charge is 0.382 e. The lowest BCUT2D eigenvalue weighted by atomic mass is 10.1. The lowest BCUT2D eigenvalue weighted by Gasteiger charge is -2.34. The number of nitrogens with zero attached hydrogens (tertiary/aromatic N) is 1. The molecular weight excluding hydrogens is 271 g/mol. The van der Waals surface area contributed by atoms with Crippen molar-refractivity contribution in [1.29, 1.82) is 0 Å². The molecule has 0 spiro atoms. The van der Waals surface area contributed by atoms with E-state index in [1.54, 1.807) is 4.90 Å². The molecular formula is C14H18F3NO2. The third-order valence-electron chi connectivity index (χ3n) is 3.34. The summed E-state index contributed by atoms with van der Waals surface area (Å²) in [5.41, 5.74) is 1.09. The molecule has 0 radical (unpaired) electrons. The van der Waals surface area contributed by atoms with Gasteiger partial charge in [0.15, 0.2) is 6.10 Å². The van der Waals surface area contributed by atoms with Crippen molar-refractivity contribution in [2.75, 3.05) is 26.2 Å². The Hall–Kier alpha value is -1.11. The minimum absolute atomic E-state index is 0.133. The second-order valence-corrected chi connectivity index (χ2v) is 5.00. The number of hydrogen-bond acceptors (Lipinski definition) is 3. The molecule has 1 aliphatic heterocycles. The summed E-state index contributed by atoms with van der Waals surface area (Å²) in [5, 5.41) is 9.11. The van der Waals surface area contributed by atoms with E-state index in [1.807, 2.05) is 30.3 Å². The van der Waals surface area contributed by atoms with Gasteiger partial charge in [0, 0.05) is 19.6 Å². The Labute approximate surface area is 116 Å². The van der Waals surface area contributed by atoms with E-state index in [2.05, 4.69) is 0 Å². The highest BCUT2D eigenvalue weighted by Crippen LogP contribution is 2.21. The van der Waals surface area contributed by atoms with Gasteiger partial charge in [-0.1, -0.05) is 30.3 Å². The SMILES string of the molecule is O[C@@H](CN1CCOC(Cc2ccccc2)C1)C(F)(F)F. The summed E-state index contributed by atoms with van der Waals surface area (Å²) in [7, 11) is 0. The third kappa shape index (κ3) is 4.47. The number of aliphatic hydroxyl groups is 1. The van der Waals surface area contributed by atoms with Crippen LogP contribution in [-0.4, -0.2) is 54.6 Å². The molecule has 1 fully saturated rings. The first-order valence-electron chi connectivity index (χ1n) is 6.58. The molecule has 0 amide bonds. The molecule has 0 aromatic heterocycles. The van der Waals surface area contributed by atoms with Gasteiger partial charge in [0.1, 0.15) is 0 Å². The standard InChI is InChI=1S/C14H18F3NO2/c15-14(16,17)13(19)10-18-6-7-20-12(9-18)8-11-4-2-1-3-5-11/h1-5,12-13,19H,6-10H2/t12?,13-/m0/s1. The summed E-state index contributed by atoms with van der Waals surface area (Å²) in [6.45, 7) is 0.820. The first-order chi connectivity index (χ1) is 9.45. The van der Waals surface area contributed by atoms with Crippen LogP contribution in [0.4, 0.5) is 13.2 Å². The largest absolute Gasteiger partial charge is 0.415 e. The molecule has 1 aromatic carbocycles. The van der Waals surface area contributed by atoms with Gasteiger partial charge in [-0.3, -0.25) is 4.90 Å². The van der Waals surface area contributed by atoms with Crippen molar-refractivity contribution >= 4 is 0 Å². The van der Waals surface area contributed by atoms with Gasteiger partial charge in [-0.25, -0.2) is 0 Å². The maximum absolute atomic E-state index is 12.3. The van der Waals surface area contributed by atoms with Gasteiger partial charge in [-0.2, -0.15) is 13.2 Å². The Bertz CT molecular complexity index is 411. The summed E-state index contributed by atoms with van der Waals surface area (Å²) in [6, 6.07) is 9.68. The zero-order chi connectivity index (χ0) is 14.6. The molecule has 2 atom stereocenters. The highest BCUT2D eigenvalue weighted by Gasteiger charge is 2.39. The van der Waals surface area contributed by atoms with Gasteiger partial charge in [-0.15, -0.1) is 0 Å². The molecule has 3 nitrogen and oxygen atoms in total. The van der Waals surface area contributed by atoms with Crippen molar-refractivity contribution in [3.8, 4) is 0 Å². The third-order valence-corrected chi connectivity index (χ3v) is 3.34. The van der Waals surface area contributed by atoms with E-state index >= 15 is 0 Å². The van der Waals surface area contributed by atoms with E-state index in [9.17, 15) is 13.2 Å². The Morgan fingerprint density at radius 2 is 2.00 bits per heavy atom. The monoisotopic (exact) mass is 289 g/mol. The summed E-state index contributed by atoms with van der Waals surface area (Å²) in [6.07, 6.45) is -6.32. The second-order valence-electron chi connectivity index (χ2n) is 5.00. The molecule has 0 saturated carbocycles. The maximum Gasteiger partial charge on any atom is 0.415 e. The van der Waals surface area contributed by atoms with Crippen LogP contribution in [0.2, 0.25) is 0 Å². The van der Waals surface area contributed by atoms with Crippen LogP contribution in [0.5, 0.6) is 0 Å². The van der Waals surface area contributed by atoms with E-state index in [0.717, 1.165) is 5.56 Å². The zero-order valence-electron chi connectivity index (χ0n) is 11.0. The van der Waals surface area contributed by atoms with Crippen LogP contribution in [0.15, 0.2) is 30.3 Å². The summed E-state index contributed by atoms with van der Waals surface area (Å²) in [5.74, 6) is 0. The quantitative estimate of drug-likeness (QED) is 0.918. The molecule has 1 aliphatic rings. The normalized spacial score (nSPS) is 22.7. The van der Waals surface area contributed by atoms with Crippen LogP contribution >= 0.6 is 0 Å². The van der Waals surface area contributed by atoms with E-state index in [4.69, 9.17) is 9.84 Å². The van der Waals surface area contributed by atoms with Crippen molar-refractivity contribution in [1.82, 2.24) is 4.90 Å². The zero-order valence-corrected chi connectivity index (χ0v) is 11.0. The van der Waals surface area contributed by atoms with Crippen LogP contribution < -0.4 is 0 Å². The lowest BCUT2D eigenvalue weighted by Crippen LogP contribution is -2.49. The molecule has 0 aliphatic carbocycles. The molecule has 1 aromatic rings. The maximum atomic E-state index is 12.3. The topological polar surface area (TPSA) is 32.7 Å². The highest BCUT2D eigenvalue weighted by molar-refractivity contribution is 5.15. The highest BCUT2D eigenvalue weighted by atomic mass is 19.4. The van der Waals surface area contributed by atoms with Gasteiger partial charge >= 0.3 is 6.18 Å². The summed E-state index contributed by atoms with van der Waals surface area (Å²) in [4.78, 5) is 1.61. The van der Waals surface area contributed by atoms with Gasteiger partial charge in [0.2, 0.25) is 0 Å². The van der Waals surface area contributed by atoms with E-state index in [1.165, 1.54) is 0 Å². The number of morpholine rings is 1. The average Bonchev–Trinajstić information content (AvgIpc) is 2.39. The number of benzene rings is 1.